The minimum Gasteiger partial charge on any atom is -0.381 e. The molecule has 3 heterocycles. The van der Waals surface area contributed by atoms with Gasteiger partial charge in [-0.05, 0) is 12.8 Å². The highest BCUT2D eigenvalue weighted by Gasteiger charge is 2.43. The van der Waals surface area contributed by atoms with E-state index in [1.807, 2.05) is 0 Å². The molecule has 144 valence electrons. The molecule has 0 aromatic carbocycles. The normalized spacial score (nSPS) is 28.8. The average molecular weight is 366 g/mol. The van der Waals surface area contributed by atoms with Crippen LogP contribution in [0.15, 0.2) is 0 Å². The van der Waals surface area contributed by atoms with Crippen molar-refractivity contribution in [3.8, 4) is 0 Å². The third kappa shape index (κ3) is 4.84. The molecule has 0 saturated carbocycles. The number of halogens is 3. The van der Waals surface area contributed by atoms with Crippen molar-refractivity contribution in [2.75, 3.05) is 65.8 Å². The van der Waals surface area contributed by atoms with Crippen molar-refractivity contribution in [1.82, 2.24) is 9.80 Å². The molecule has 0 radical (unpaired) electrons. The number of ether oxygens (including phenoxy) is 3. The fourth-order valence-corrected chi connectivity index (χ4v) is 3.78. The Balaban J connectivity index is 1.70. The number of morpholine rings is 1. The maximum atomic E-state index is 13.0. The molecule has 3 fully saturated rings. The molecule has 1 atom stereocenters. The summed E-state index contributed by atoms with van der Waals surface area (Å²) in [5, 5.41) is 0. The van der Waals surface area contributed by atoms with Crippen molar-refractivity contribution >= 4 is 5.91 Å². The zero-order valence-corrected chi connectivity index (χ0v) is 14.2. The van der Waals surface area contributed by atoms with E-state index in [4.69, 9.17) is 14.2 Å². The van der Waals surface area contributed by atoms with Crippen LogP contribution in [-0.4, -0.2) is 93.7 Å². The summed E-state index contributed by atoms with van der Waals surface area (Å²) >= 11 is 0. The third-order valence-electron chi connectivity index (χ3n) is 5.21. The molecule has 6 nitrogen and oxygen atoms in total. The fraction of sp³-hybridized carbons (Fsp3) is 0.938. The number of carbonyl (C=O) groups excluding carboxylic acids is 1. The van der Waals surface area contributed by atoms with Gasteiger partial charge in [-0.25, -0.2) is 0 Å². The van der Waals surface area contributed by atoms with E-state index in [1.54, 1.807) is 4.90 Å². The van der Waals surface area contributed by atoms with Gasteiger partial charge < -0.3 is 19.1 Å². The first kappa shape index (κ1) is 18.9. The highest BCUT2D eigenvalue weighted by atomic mass is 19.4. The van der Waals surface area contributed by atoms with Gasteiger partial charge in [0.05, 0.1) is 33.0 Å². The summed E-state index contributed by atoms with van der Waals surface area (Å²) in [6.45, 7) is 2.36. The predicted molar refractivity (Wildman–Crippen MR) is 82.1 cm³/mol. The second-order valence-corrected chi connectivity index (χ2v) is 7.10. The summed E-state index contributed by atoms with van der Waals surface area (Å²) < 4.78 is 54.9. The van der Waals surface area contributed by atoms with Gasteiger partial charge in [-0.1, -0.05) is 0 Å². The summed E-state index contributed by atoms with van der Waals surface area (Å²) in [4.78, 5) is 15.8. The Morgan fingerprint density at radius 1 is 1.04 bits per heavy atom. The summed E-state index contributed by atoms with van der Waals surface area (Å²) in [5.74, 6) is -0.291. The van der Waals surface area contributed by atoms with E-state index in [2.05, 4.69) is 0 Å². The molecular formula is C16H25F3N2O4. The third-order valence-corrected chi connectivity index (χ3v) is 5.21. The fourth-order valence-electron chi connectivity index (χ4n) is 3.78. The molecule has 1 unspecified atom stereocenters. The minimum absolute atomic E-state index is 0.00236. The first-order valence-corrected chi connectivity index (χ1v) is 8.71. The van der Waals surface area contributed by atoms with Crippen molar-refractivity contribution in [2.45, 2.75) is 25.1 Å². The highest BCUT2D eigenvalue weighted by molar-refractivity contribution is 5.82. The Kier molecular flexibility index (Phi) is 5.87. The summed E-state index contributed by atoms with van der Waals surface area (Å²) in [6, 6.07) is -0.884. The van der Waals surface area contributed by atoms with Crippen LogP contribution in [0, 0.1) is 5.41 Å². The number of amides is 1. The van der Waals surface area contributed by atoms with E-state index in [1.165, 1.54) is 4.90 Å². The van der Waals surface area contributed by atoms with Gasteiger partial charge in [-0.2, -0.15) is 13.2 Å². The Bertz CT molecular complexity index is 469. The molecule has 3 aliphatic rings. The molecule has 3 saturated heterocycles. The number of rotatable bonds is 2. The first-order chi connectivity index (χ1) is 11.9. The van der Waals surface area contributed by atoms with Crippen molar-refractivity contribution in [3.63, 3.8) is 0 Å². The van der Waals surface area contributed by atoms with Gasteiger partial charge in [0.25, 0.3) is 0 Å². The maximum absolute atomic E-state index is 13.0. The Morgan fingerprint density at radius 2 is 1.76 bits per heavy atom. The molecule has 9 heteroatoms. The summed E-state index contributed by atoms with van der Waals surface area (Å²) in [7, 11) is 0. The van der Waals surface area contributed by atoms with E-state index >= 15 is 0 Å². The zero-order chi connectivity index (χ0) is 17.9. The van der Waals surface area contributed by atoms with Crippen molar-refractivity contribution in [2.24, 2.45) is 5.41 Å². The molecule has 25 heavy (non-hydrogen) atoms. The van der Waals surface area contributed by atoms with E-state index in [0.29, 0.717) is 39.5 Å². The van der Waals surface area contributed by atoms with Crippen LogP contribution in [0.3, 0.4) is 0 Å². The SMILES string of the molecule is O=C(C1COCCN1CC(F)(F)F)N1CCOCC2(CCOCC2)C1. The first-order valence-electron chi connectivity index (χ1n) is 8.71. The zero-order valence-electron chi connectivity index (χ0n) is 14.2. The Morgan fingerprint density at radius 3 is 2.48 bits per heavy atom. The minimum atomic E-state index is -4.33. The van der Waals surface area contributed by atoms with Gasteiger partial charge in [0, 0.05) is 38.3 Å². The molecule has 0 aromatic heterocycles. The van der Waals surface area contributed by atoms with Gasteiger partial charge in [0.2, 0.25) is 5.91 Å². The molecule has 0 bridgehead atoms. The highest BCUT2D eigenvalue weighted by Crippen LogP contribution is 2.34. The number of alkyl halides is 3. The van der Waals surface area contributed by atoms with Crippen LogP contribution >= 0.6 is 0 Å². The number of hydrogen-bond donors (Lipinski definition) is 0. The van der Waals surface area contributed by atoms with Gasteiger partial charge in [-0.15, -0.1) is 0 Å². The average Bonchev–Trinajstić information content (AvgIpc) is 2.77. The van der Waals surface area contributed by atoms with Gasteiger partial charge in [0.15, 0.2) is 0 Å². The van der Waals surface area contributed by atoms with Crippen molar-refractivity contribution in [1.29, 1.82) is 0 Å². The standard InChI is InChI=1S/C16H25F3N2O4/c17-16(18,19)11-20-3-7-24-9-13(20)14(22)21-4-8-25-12-15(10-21)1-5-23-6-2-15/h13H,1-12H2. The molecule has 3 aliphatic heterocycles. The van der Waals surface area contributed by atoms with Gasteiger partial charge in [0.1, 0.15) is 6.04 Å². The molecule has 1 spiro atoms. The number of nitrogens with zero attached hydrogens (tertiary/aromatic N) is 2. The second-order valence-electron chi connectivity index (χ2n) is 7.10. The van der Waals surface area contributed by atoms with Gasteiger partial charge >= 0.3 is 6.18 Å². The topological polar surface area (TPSA) is 51.2 Å². The van der Waals surface area contributed by atoms with E-state index in [9.17, 15) is 18.0 Å². The molecular weight excluding hydrogens is 341 g/mol. The van der Waals surface area contributed by atoms with E-state index < -0.39 is 18.8 Å². The largest absolute Gasteiger partial charge is 0.401 e. The lowest BCUT2D eigenvalue weighted by Crippen LogP contribution is -2.58. The molecule has 1 amide bonds. The molecule has 3 rings (SSSR count). The summed E-state index contributed by atoms with van der Waals surface area (Å²) in [6.07, 6.45) is -2.74. The van der Waals surface area contributed by atoms with Crippen molar-refractivity contribution < 1.29 is 32.2 Å². The lowest BCUT2D eigenvalue weighted by Gasteiger charge is -2.41. The maximum Gasteiger partial charge on any atom is 0.401 e. The van der Waals surface area contributed by atoms with E-state index in [-0.39, 0.29) is 31.1 Å². The smallest absolute Gasteiger partial charge is 0.381 e. The van der Waals surface area contributed by atoms with Crippen LogP contribution in [-0.2, 0) is 19.0 Å². The molecule has 0 N–H and O–H groups in total. The lowest BCUT2D eigenvalue weighted by atomic mass is 9.80. The van der Waals surface area contributed by atoms with E-state index in [0.717, 1.165) is 12.8 Å². The summed E-state index contributed by atoms with van der Waals surface area (Å²) in [5.41, 5.74) is -0.158. The van der Waals surface area contributed by atoms with Crippen molar-refractivity contribution in [3.05, 3.63) is 0 Å². The second kappa shape index (κ2) is 7.77. The van der Waals surface area contributed by atoms with Crippen LogP contribution in [0.25, 0.3) is 0 Å². The Labute approximate surface area is 145 Å². The lowest BCUT2D eigenvalue weighted by molar-refractivity contribution is -0.171. The van der Waals surface area contributed by atoms with Crippen LogP contribution in [0.1, 0.15) is 12.8 Å². The molecule has 0 aliphatic carbocycles. The Hall–Kier alpha value is -0.900. The van der Waals surface area contributed by atoms with Crippen LogP contribution in [0.5, 0.6) is 0 Å². The number of carbonyl (C=O) groups is 1. The van der Waals surface area contributed by atoms with Crippen LogP contribution in [0.2, 0.25) is 0 Å². The monoisotopic (exact) mass is 366 g/mol. The quantitative estimate of drug-likeness (QED) is 0.727. The van der Waals surface area contributed by atoms with Crippen LogP contribution < -0.4 is 0 Å². The van der Waals surface area contributed by atoms with Crippen LogP contribution in [0.4, 0.5) is 13.2 Å². The number of hydrogen-bond acceptors (Lipinski definition) is 5. The molecule has 0 aromatic rings. The predicted octanol–water partition coefficient (Wildman–Crippen LogP) is 0.905. The van der Waals surface area contributed by atoms with Gasteiger partial charge in [-0.3, -0.25) is 9.69 Å².